The van der Waals surface area contributed by atoms with E-state index in [1.54, 1.807) is 34.9 Å². The minimum absolute atomic E-state index is 0.00675. The summed E-state index contributed by atoms with van der Waals surface area (Å²) in [6.45, 7) is 5.49. The molecule has 0 saturated carbocycles. The number of hydrogen-bond acceptors (Lipinski definition) is 4. The number of aromatic nitrogens is 1. The minimum Gasteiger partial charge on any atom is -0.361 e. The molecule has 0 N–H and O–H groups in total. The predicted octanol–water partition coefficient (Wildman–Crippen LogP) is 3.13. The molecule has 0 atom stereocenters. The molecule has 2 amide bonds. The van der Waals surface area contributed by atoms with Crippen molar-refractivity contribution in [2.24, 2.45) is 0 Å². The Morgan fingerprint density at radius 2 is 1.77 bits per heavy atom. The molecular formula is C18H19Cl2N3O3. The van der Waals surface area contributed by atoms with Crippen LogP contribution in [0.25, 0.3) is 0 Å². The Morgan fingerprint density at radius 3 is 2.38 bits per heavy atom. The number of rotatable bonds is 3. The van der Waals surface area contributed by atoms with E-state index in [4.69, 9.17) is 27.7 Å². The van der Waals surface area contributed by atoms with Gasteiger partial charge in [-0.05, 0) is 26.0 Å². The molecule has 8 heteroatoms. The summed E-state index contributed by atoms with van der Waals surface area (Å²) in [5.74, 6) is 0.503. The first kappa shape index (κ1) is 18.7. The van der Waals surface area contributed by atoms with Gasteiger partial charge >= 0.3 is 0 Å². The third-order valence-corrected chi connectivity index (χ3v) is 5.43. The maximum Gasteiger partial charge on any atom is 0.255 e. The minimum atomic E-state index is -0.171. The summed E-state index contributed by atoms with van der Waals surface area (Å²) in [5, 5.41) is 4.49. The third kappa shape index (κ3) is 3.71. The summed E-state index contributed by atoms with van der Waals surface area (Å²) in [4.78, 5) is 28.6. The number of halogens is 2. The van der Waals surface area contributed by atoms with Gasteiger partial charge in [-0.15, -0.1) is 0 Å². The second kappa shape index (κ2) is 7.68. The van der Waals surface area contributed by atoms with E-state index in [1.165, 1.54) is 0 Å². The molecule has 1 aromatic carbocycles. The number of nitrogens with zero attached hydrogens (tertiary/aromatic N) is 3. The van der Waals surface area contributed by atoms with E-state index < -0.39 is 0 Å². The van der Waals surface area contributed by atoms with Crippen molar-refractivity contribution >= 4 is 35.0 Å². The molecule has 26 heavy (non-hydrogen) atoms. The third-order valence-electron chi connectivity index (χ3n) is 4.61. The van der Waals surface area contributed by atoms with Crippen LogP contribution in [0.4, 0.5) is 0 Å². The van der Waals surface area contributed by atoms with Crippen molar-refractivity contribution in [1.29, 1.82) is 0 Å². The lowest BCUT2D eigenvalue weighted by Crippen LogP contribution is -2.51. The number of carbonyl (C=O) groups excluding carboxylic acids is 2. The van der Waals surface area contributed by atoms with Crippen LogP contribution in [0.15, 0.2) is 22.7 Å². The highest BCUT2D eigenvalue weighted by Crippen LogP contribution is 2.27. The van der Waals surface area contributed by atoms with Crippen molar-refractivity contribution in [3.8, 4) is 0 Å². The highest BCUT2D eigenvalue weighted by Gasteiger charge is 2.27. The van der Waals surface area contributed by atoms with E-state index in [2.05, 4.69) is 5.16 Å². The van der Waals surface area contributed by atoms with E-state index in [9.17, 15) is 9.59 Å². The SMILES string of the molecule is Cc1noc(C)c1CC(=O)N1CCN(C(=O)c2cccc(Cl)c2Cl)CC1. The molecule has 1 saturated heterocycles. The maximum atomic E-state index is 12.7. The zero-order chi connectivity index (χ0) is 18.8. The van der Waals surface area contributed by atoms with Gasteiger partial charge in [-0.25, -0.2) is 0 Å². The molecule has 138 valence electrons. The molecule has 3 rings (SSSR count). The van der Waals surface area contributed by atoms with E-state index >= 15 is 0 Å². The molecule has 2 aromatic rings. The van der Waals surface area contributed by atoms with Crippen molar-refractivity contribution in [2.75, 3.05) is 26.2 Å². The fourth-order valence-electron chi connectivity index (χ4n) is 3.02. The smallest absolute Gasteiger partial charge is 0.255 e. The van der Waals surface area contributed by atoms with Crippen LogP contribution in [0.2, 0.25) is 10.0 Å². The molecule has 1 aliphatic rings. The largest absolute Gasteiger partial charge is 0.361 e. The molecule has 0 spiro atoms. The van der Waals surface area contributed by atoms with Gasteiger partial charge < -0.3 is 14.3 Å². The fraction of sp³-hybridized carbons (Fsp3) is 0.389. The lowest BCUT2D eigenvalue weighted by atomic mass is 10.1. The number of benzene rings is 1. The van der Waals surface area contributed by atoms with Crippen LogP contribution in [-0.2, 0) is 11.2 Å². The first-order valence-electron chi connectivity index (χ1n) is 8.31. The van der Waals surface area contributed by atoms with Crippen molar-refractivity contribution in [3.05, 3.63) is 50.8 Å². The maximum absolute atomic E-state index is 12.7. The molecule has 0 aliphatic carbocycles. The van der Waals surface area contributed by atoms with E-state index in [1.807, 2.05) is 6.92 Å². The Hall–Kier alpha value is -2.05. The molecule has 6 nitrogen and oxygen atoms in total. The van der Waals surface area contributed by atoms with Gasteiger partial charge in [0.2, 0.25) is 5.91 Å². The first-order chi connectivity index (χ1) is 12.4. The quantitative estimate of drug-likeness (QED) is 0.800. The number of carbonyl (C=O) groups is 2. The zero-order valence-electron chi connectivity index (χ0n) is 14.6. The summed E-state index contributed by atoms with van der Waals surface area (Å²) in [6, 6.07) is 5.00. The Kier molecular flexibility index (Phi) is 5.53. The molecule has 0 radical (unpaired) electrons. The highest BCUT2D eigenvalue weighted by molar-refractivity contribution is 6.43. The molecule has 1 fully saturated rings. The number of piperazine rings is 1. The van der Waals surface area contributed by atoms with Gasteiger partial charge in [-0.2, -0.15) is 0 Å². The molecule has 1 aromatic heterocycles. The van der Waals surface area contributed by atoms with E-state index in [0.717, 1.165) is 11.3 Å². The van der Waals surface area contributed by atoms with Gasteiger partial charge in [0.15, 0.2) is 0 Å². The number of aryl methyl sites for hydroxylation is 2. The van der Waals surface area contributed by atoms with Crippen molar-refractivity contribution in [1.82, 2.24) is 15.0 Å². The number of hydrogen-bond donors (Lipinski definition) is 0. The topological polar surface area (TPSA) is 66.7 Å². The second-order valence-corrected chi connectivity index (χ2v) is 7.04. The molecule has 1 aliphatic heterocycles. The Morgan fingerprint density at radius 1 is 1.12 bits per heavy atom. The normalized spacial score (nSPS) is 14.6. The number of amides is 2. The average Bonchev–Trinajstić information content (AvgIpc) is 2.95. The van der Waals surface area contributed by atoms with Gasteiger partial charge in [0.25, 0.3) is 5.91 Å². The monoisotopic (exact) mass is 395 g/mol. The lowest BCUT2D eigenvalue weighted by Gasteiger charge is -2.35. The van der Waals surface area contributed by atoms with Crippen molar-refractivity contribution < 1.29 is 14.1 Å². The molecule has 0 bridgehead atoms. The van der Waals surface area contributed by atoms with E-state index in [-0.39, 0.29) is 23.3 Å². The Labute approximate surface area is 161 Å². The van der Waals surface area contributed by atoms with Crippen LogP contribution in [0, 0.1) is 13.8 Å². The highest BCUT2D eigenvalue weighted by atomic mass is 35.5. The standard InChI is InChI=1S/C18H19Cl2N3O3/c1-11-14(12(2)26-21-11)10-16(24)22-6-8-23(9-7-22)18(25)13-4-3-5-15(19)17(13)20/h3-5H,6-10H2,1-2H3. The van der Waals surface area contributed by atoms with Gasteiger partial charge in [0.1, 0.15) is 5.76 Å². The first-order valence-corrected chi connectivity index (χ1v) is 9.07. The summed E-state index contributed by atoms with van der Waals surface area (Å²) in [7, 11) is 0. The summed E-state index contributed by atoms with van der Waals surface area (Å²) >= 11 is 12.1. The summed E-state index contributed by atoms with van der Waals surface area (Å²) in [6.07, 6.45) is 0.259. The van der Waals surface area contributed by atoms with Crippen LogP contribution in [-0.4, -0.2) is 52.9 Å². The molecule has 0 unspecified atom stereocenters. The van der Waals surface area contributed by atoms with Crippen LogP contribution < -0.4 is 0 Å². The van der Waals surface area contributed by atoms with Gasteiger partial charge in [-0.1, -0.05) is 34.4 Å². The van der Waals surface area contributed by atoms with E-state index in [0.29, 0.717) is 42.5 Å². The molecular weight excluding hydrogens is 377 g/mol. The van der Waals surface area contributed by atoms with Crippen LogP contribution in [0.5, 0.6) is 0 Å². The molecule has 2 heterocycles. The van der Waals surface area contributed by atoms with Gasteiger partial charge in [0, 0.05) is 31.7 Å². The lowest BCUT2D eigenvalue weighted by molar-refractivity contribution is -0.131. The Balaban J connectivity index is 1.61. The van der Waals surface area contributed by atoms with Crippen LogP contribution in [0.1, 0.15) is 27.4 Å². The average molecular weight is 396 g/mol. The van der Waals surface area contributed by atoms with Crippen molar-refractivity contribution in [2.45, 2.75) is 20.3 Å². The fourth-order valence-corrected chi connectivity index (χ4v) is 3.40. The second-order valence-electron chi connectivity index (χ2n) is 6.25. The summed E-state index contributed by atoms with van der Waals surface area (Å²) < 4.78 is 5.10. The zero-order valence-corrected chi connectivity index (χ0v) is 16.1. The van der Waals surface area contributed by atoms with Gasteiger partial charge in [0.05, 0.1) is 27.7 Å². The van der Waals surface area contributed by atoms with Crippen molar-refractivity contribution in [3.63, 3.8) is 0 Å². The van der Waals surface area contributed by atoms with Crippen LogP contribution >= 0.6 is 23.2 Å². The van der Waals surface area contributed by atoms with Gasteiger partial charge in [-0.3, -0.25) is 9.59 Å². The summed E-state index contributed by atoms with van der Waals surface area (Å²) in [5.41, 5.74) is 1.95. The van der Waals surface area contributed by atoms with Crippen LogP contribution in [0.3, 0.4) is 0 Å². The Bertz CT molecular complexity index is 823. The predicted molar refractivity (Wildman–Crippen MR) is 98.6 cm³/mol.